The molecule has 0 bridgehead atoms. The number of carbonyl (C=O) groups excluding carboxylic acids is 1. The summed E-state index contributed by atoms with van der Waals surface area (Å²) in [5.74, 6) is 2.04. The van der Waals surface area contributed by atoms with Gasteiger partial charge in [-0.3, -0.25) is 9.69 Å². The second-order valence-electron chi connectivity index (χ2n) is 5.00. The van der Waals surface area contributed by atoms with Gasteiger partial charge in [0, 0.05) is 31.5 Å². The molecule has 7 nitrogen and oxygen atoms in total. The molecule has 0 spiro atoms. The number of hydrogen-bond acceptors (Lipinski definition) is 5. The van der Waals surface area contributed by atoms with Gasteiger partial charge in [0.1, 0.15) is 11.6 Å². The van der Waals surface area contributed by atoms with Crippen LogP contribution in [0.3, 0.4) is 0 Å². The van der Waals surface area contributed by atoms with Gasteiger partial charge in [0.05, 0.1) is 12.6 Å². The van der Waals surface area contributed by atoms with Crippen molar-refractivity contribution in [3.63, 3.8) is 0 Å². The van der Waals surface area contributed by atoms with E-state index in [0.717, 1.165) is 18.9 Å². The molecule has 1 N–H and O–H groups in total. The number of carbonyl (C=O) groups is 1. The van der Waals surface area contributed by atoms with Crippen LogP contribution in [0.15, 0.2) is 23.0 Å². The zero-order chi connectivity index (χ0) is 14.1. The molecule has 106 valence electrons. The maximum absolute atomic E-state index is 12.2. The Kier molecular flexibility index (Phi) is 3.27. The minimum atomic E-state index is -0.238. The van der Waals surface area contributed by atoms with E-state index in [2.05, 4.69) is 24.9 Å². The minimum absolute atomic E-state index is 0.0849. The first-order chi connectivity index (χ1) is 9.63. The van der Waals surface area contributed by atoms with Crippen molar-refractivity contribution < 1.29 is 9.32 Å². The minimum Gasteiger partial charge on any atom is -0.360 e. The summed E-state index contributed by atoms with van der Waals surface area (Å²) in [6.45, 7) is 6.04. The molecule has 3 rings (SSSR count). The van der Waals surface area contributed by atoms with Gasteiger partial charge in [-0.2, -0.15) is 0 Å². The predicted octanol–water partition coefficient (Wildman–Crippen LogP) is 1.02. The number of fused-ring (bicyclic) bond motifs is 1. The maximum Gasteiger partial charge on any atom is 0.242 e. The predicted molar refractivity (Wildman–Crippen MR) is 72.0 cm³/mol. The van der Waals surface area contributed by atoms with E-state index in [0.29, 0.717) is 18.1 Å². The van der Waals surface area contributed by atoms with E-state index in [-0.39, 0.29) is 11.9 Å². The average Bonchev–Trinajstić information content (AvgIpc) is 3.05. The molecule has 1 amide bonds. The molecule has 0 saturated heterocycles. The fourth-order valence-corrected chi connectivity index (χ4v) is 2.34. The van der Waals surface area contributed by atoms with Crippen molar-refractivity contribution in [3.05, 3.63) is 30.0 Å². The zero-order valence-electron chi connectivity index (χ0n) is 11.5. The van der Waals surface area contributed by atoms with Gasteiger partial charge in [0.15, 0.2) is 5.82 Å². The first-order valence-electron chi connectivity index (χ1n) is 6.62. The molecular formula is C13H17N5O2. The summed E-state index contributed by atoms with van der Waals surface area (Å²) >= 11 is 0. The summed E-state index contributed by atoms with van der Waals surface area (Å²) < 4.78 is 7.05. The monoisotopic (exact) mass is 275 g/mol. The van der Waals surface area contributed by atoms with Crippen LogP contribution < -0.4 is 5.32 Å². The average molecular weight is 275 g/mol. The highest BCUT2D eigenvalue weighted by molar-refractivity contribution is 5.93. The molecule has 0 radical (unpaired) electrons. The Morgan fingerprint density at radius 1 is 1.50 bits per heavy atom. The third-order valence-electron chi connectivity index (χ3n) is 3.58. The molecule has 20 heavy (non-hydrogen) atoms. The van der Waals surface area contributed by atoms with Crippen LogP contribution >= 0.6 is 0 Å². The molecule has 2 aromatic heterocycles. The molecule has 2 aromatic rings. The quantitative estimate of drug-likeness (QED) is 0.905. The normalized spacial score (nSPS) is 16.7. The molecule has 0 aromatic carbocycles. The third-order valence-corrected chi connectivity index (χ3v) is 3.58. The largest absolute Gasteiger partial charge is 0.360 e. The van der Waals surface area contributed by atoms with E-state index in [1.165, 1.54) is 0 Å². The van der Waals surface area contributed by atoms with E-state index in [9.17, 15) is 4.79 Å². The van der Waals surface area contributed by atoms with Crippen molar-refractivity contribution >= 4 is 11.7 Å². The van der Waals surface area contributed by atoms with Gasteiger partial charge in [0.25, 0.3) is 0 Å². The van der Waals surface area contributed by atoms with Crippen LogP contribution in [0.25, 0.3) is 0 Å². The van der Waals surface area contributed by atoms with Gasteiger partial charge < -0.3 is 14.4 Å². The fourth-order valence-electron chi connectivity index (χ4n) is 2.34. The van der Waals surface area contributed by atoms with Gasteiger partial charge in [-0.1, -0.05) is 5.16 Å². The number of imidazole rings is 1. The molecule has 1 aliphatic rings. The summed E-state index contributed by atoms with van der Waals surface area (Å²) in [6, 6.07) is 1.46. The van der Waals surface area contributed by atoms with Gasteiger partial charge in [-0.15, -0.1) is 0 Å². The highest BCUT2D eigenvalue weighted by Gasteiger charge is 2.26. The van der Waals surface area contributed by atoms with Crippen molar-refractivity contribution in [2.24, 2.45) is 0 Å². The Morgan fingerprint density at radius 3 is 3.10 bits per heavy atom. The Labute approximate surface area is 116 Å². The molecule has 3 heterocycles. The number of aromatic nitrogens is 3. The lowest BCUT2D eigenvalue weighted by Crippen LogP contribution is -2.45. The molecule has 1 aliphatic heterocycles. The van der Waals surface area contributed by atoms with Gasteiger partial charge in [-0.05, 0) is 13.8 Å². The second kappa shape index (κ2) is 5.09. The molecule has 1 atom stereocenters. The van der Waals surface area contributed by atoms with Crippen molar-refractivity contribution in [3.8, 4) is 0 Å². The topological polar surface area (TPSA) is 76.2 Å². The Balaban J connectivity index is 1.64. The van der Waals surface area contributed by atoms with Crippen LogP contribution in [0, 0.1) is 6.92 Å². The van der Waals surface area contributed by atoms with Crippen LogP contribution in [0.1, 0.15) is 18.5 Å². The van der Waals surface area contributed by atoms with E-state index in [4.69, 9.17) is 4.52 Å². The number of hydrogen-bond donors (Lipinski definition) is 1. The second-order valence-corrected chi connectivity index (χ2v) is 5.00. The molecular weight excluding hydrogens is 258 g/mol. The van der Waals surface area contributed by atoms with Crippen molar-refractivity contribution in [1.82, 2.24) is 19.6 Å². The Morgan fingerprint density at radius 2 is 2.35 bits per heavy atom. The van der Waals surface area contributed by atoms with E-state index in [1.807, 2.05) is 13.1 Å². The lowest BCUT2D eigenvalue weighted by molar-refractivity contribution is -0.121. The molecule has 0 fully saturated rings. The summed E-state index contributed by atoms with van der Waals surface area (Å²) in [5, 5.41) is 6.53. The Hall–Kier alpha value is -2.15. The number of amides is 1. The number of anilines is 1. The van der Waals surface area contributed by atoms with Gasteiger partial charge in [-0.25, -0.2) is 4.98 Å². The first-order valence-corrected chi connectivity index (χ1v) is 6.62. The third kappa shape index (κ3) is 2.44. The smallest absolute Gasteiger partial charge is 0.242 e. The van der Waals surface area contributed by atoms with E-state index in [1.54, 1.807) is 19.2 Å². The summed E-state index contributed by atoms with van der Waals surface area (Å²) in [6.07, 6.45) is 3.76. The lowest BCUT2D eigenvalue weighted by atomic mass is 10.2. The van der Waals surface area contributed by atoms with Crippen molar-refractivity contribution in [2.45, 2.75) is 33.0 Å². The standard InChI is InChI=1S/C13H17N5O2/c1-9-7-11(16-20-9)15-13(19)10(2)18-6-5-17-4-3-14-12(17)8-18/h3-4,7,10H,5-6,8H2,1-2H3,(H,15,16,19)/t10-/m0/s1. The number of rotatable bonds is 3. The summed E-state index contributed by atoms with van der Waals surface area (Å²) in [7, 11) is 0. The molecule has 0 aliphatic carbocycles. The van der Waals surface area contributed by atoms with Crippen molar-refractivity contribution in [1.29, 1.82) is 0 Å². The van der Waals surface area contributed by atoms with Crippen LogP contribution in [-0.2, 0) is 17.9 Å². The number of nitrogens with zero attached hydrogens (tertiary/aromatic N) is 4. The fraction of sp³-hybridized carbons (Fsp3) is 0.462. The summed E-state index contributed by atoms with van der Waals surface area (Å²) in [4.78, 5) is 18.6. The summed E-state index contributed by atoms with van der Waals surface area (Å²) in [5.41, 5.74) is 0. The number of nitrogens with one attached hydrogen (secondary N) is 1. The van der Waals surface area contributed by atoms with Crippen LogP contribution in [-0.4, -0.2) is 38.1 Å². The highest BCUT2D eigenvalue weighted by atomic mass is 16.5. The molecule has 7 heteroatoms. The molecule has 0 saturated carbocycles. The number of aryl methyl sites for hydroxylation is 1. The van der Waals surface area contributed by atoms with Crippen LogP contribution in [0.2, 0.25) is 0 Å². The first kappa shape index (κ1) is 12.9. The van der Waals surface area contributed by atoms with E-state index >= 15 is 0 Å². The zero-order valence-corrected chi connectivity index (χ0v) is 11.5. The van der Waals surface area contributed by atoms with Crippen molar-refractivity contribution in [2.75, 3.05) is 11.9 Å². The highest BCUT2D eigenvalue weighted by Crippen LogP contribution is 2.15. The van der Waals surface area contributed by atoms with Gasteiger partial charge in [0.2, 0.25) is 5.91 Å². The SMILES string of the molecule is Cc1cc(NC(=O)[C@H](C)N2CCn3ccnc3C2)no1. The van der Waals surface area contributed by atoms with Crippen LogP contribution in [0.5, 0.6) is 0 Å². The molecule has 0 unspecified atom stereocenters. The maximum atomic E-state index is 12.2. The lowest BCUT2D eigenvalue weighted by Gasteiger charge is -2.31. The Bertz CT molecular complexity index is 618. The van der Waals surface area contributed by atoms with Gasteiger partial charge >= 0.3 is 0 Å². The van der Waals surface area contributed by atoms with E-state index < -0.39 is 0 Å². The van der Waals surface area contributed by atoms with Crippen LogP contribution in [0.4, 0.5) is 5.82 Å².